The molecule has 4 unspecified atom stereocenters. The minimum Gasteiger partial charge on any atom is -0.393 e. The van der Waals surface area contributed by atoms with Gasteiger partial charge in [0.15, 0.2) is 0 Å². The van der Waals surface area contributed by atoms with Crippen LogP contribution in [0.4, 0.5) is 0 Å². The molecule has 1 fully saturated rings. The minimum atomic E-state index is -0.0672. The normalized spacial score (nSPS) is 26.9. The molecule has 106 valence electrons. The highest BCUT2D eigenvalue weighted by molar-refractivity contribution is 5.20. The van der Waals surface area contributed by atoms with Crippen molar-refractivity contribution in [2.75, 3.05) is 6.54 Å². The van der Waals surface area contributed by atoms with Gasteiger partial charge in [0.25, 0.3) is 0 Å². The van der Waals surface area contributed by atoms with Crippen LogP contribution in [0.1, 0.15) is 51.0 Å². The lowest BCUT2D eigenvalue weighted by molar-refractivity contribution is 0.0995. The Balaban J connectivity index is 1.79. The fourth-order valence-electron chi connectivity index (χ4n) is 3.02. The van der Waals surface area contributed by atoms with E-state index in [2.05, 4.69) is 49.5 Å². The van der Waals surface area contributed by atoms with Gasteiger partial charge in [-0.05, 0) is 50.1 Å². The third-order valence-electron chi connectivity index (χ3n) is 4.56. The van der Waals surface area contributed by atoms with Gasteiger partial charge in [0.2, 0.25) is 0 Å². The lowest BCUT2D eigenvalue weighted by atomic mass is 9.86. The molecule has 1 aliphatic carbocycles. The van der Waals surface area contributed by atoms with Crippen molar-refractivity contribution in [1.82, 2.24) is 5.32 Å². The highest BCUT2D eigenvalue weighted by Crippen LogP contribution is 2.24. The Morgan fingerprint density at radius 2 is 1.95 bits per heavy atom. The summed E-state index contributed by atoms with van der Waals surface area (Å²) in [5.74, 6) is 1.17. The van der Waals surface area contributed by atoms with Crippen molar-refractivity contribution in [3.05, 3.63) is 35.9 Å². The first-order chi connectivity index (χ1) is 9.16. The quantitative estimate of drug-likeness (QED) is 0.852. The van der Waals surface area contributed by atoms with Crippen molar-refractivity contribution in [2.45, 2.75) is 57.6 Å². The molecule has 1 aromatic carbocycles. The fourth-order valence-corrected chi connectivity index (χ4v) is 3.02. The van der Waals surface area contributed by atoms with Crippen LogP contribution >= 0.6 is 0 Å². The average Bonchev–Trinajstić information content (AvgIpc) is 2.45. The van der Waals surface area contributed by atoms with Crippen molar-refractivity contribution in [2.24, 2.45) is 5.92 Å². The van der Waals surface area contributed by atoms with Crippen LogP contribution in [0.25, 0.3) is 0 Å². The summed E-state index contributed by atoms with van der Waals surface area (Å²) in [6, 6.07) is 11.2. The van der Waals surface area contributed by atoms with Crippen LogP contribution in [-0.2, 0) is 0 Å². The summed E-state index contributed by atoms with van der Waals surface area (Å²) >= 11 is 0. The molecule has 1 aromatic rings. The first kappa shape index (κ1) is 14.5. The van der Waals surface area contributed by atoms with Gasteiger partial charge in [-0.1, -0.05) is 43.7 Å². The zero-order valence-corrected chi connectivity index (χ0v) is 12.2. The predicted molar refractivity (Wildman–Crippen MR) is 80.3 cm³/mol. The number of hydrogen-bond acceptors (Lipinski definition) is 2. The number of rotatable bonds is 5. The molecule has 2 N–H and O–H groups in total. The van der Waals surface area contributed by atoms with Crippen LogP contribution in [0.15, 0.2) is 30.3 Å². The van der Waals surface area contributed by atoms with Crippen molar-refractivity contribution in [3.8, 4) is 0 Å². The van der Waals surface area contributed by atoms with Crippen molar-refractivity contribution in [1.29, 1.82) is 0 Å². The Bertz CT molecular complexity index is 365. The van der Waals surface area contributed by atoms with E-state index >= 15 is 0 Å². The molecule has 19 heavy (non-hydrogen) atoms. The van der Waals surface area contributed by atoms with Gasteiger partial charge >= 0.3 is 0 Å². The Morgan fingerprint density at radius 3 is 2.63 bits per heavy atom. The summed E-state index contributed by atoms with van der Waals surface area (Å²) in [5, 5.41) is 13.4. The van der Waals surface area contributed by atoms with Crippen molar-refractivity contribution in [3.63, 3.8) is 0 Å². The van der Waals surface area contributed by atoms with Crippen LogP contribution in [0.2, 0.25) is 0 Å². The van der Waals surface area contributed by atoms with Gasteiger partial charge in [-0.15, -0.1) is 0 Å². The van der Waals surface area contributed by atoms with Gasteiger partial charge in [0.1, 0.15) is 0 Å². The van der Waals surface area contributed by atoms with Crippen LogP contribution in [0.3, 0.4) is 0 Å². The number of aliphatic hydroxyl groups excluding tert-OH is 1. The average molecular weight is 261 g/mol. The molecule has 2 heteroatoms. The molecule has 0 amide bonds. The SMILES string of the molecule is CC(NCC1CCCC(O)C1)C(C)c1ccccc1. The Hall–Kier alpha value is -0.860. The van der Waals surface area contributed by atoms with E-state index in [4.69, 9.17) is 0 Å². The predicted octanol–water partition coefficient (Wildman–Crippen LogP) is 3.32. The highest BCUT2D eigenvalue weighted by atomic mass is 16.3. The molecule has 0 saturated heterocycles. The first-order valence-corrected chi connectivity index (χ1v) is 7.63. The maximum atomic E-state index is 9.70. The second kappa shape index (κ2) is 7.06. The molecule has 1 saturated carbocycles. The standard InChI is InChI=1S/C17H27NO/c1-13(16-8-4-3-5-9-16)14(2)18-12-15-7-6-10-17(19)11-15/h3-5,8-9,13-15,17-19H,6-7,10-12H2,1-2H3. The zero-order valence-electron chi connectivity index (χ0n) is 12.2. The monoisotopic (exact) mass is 261 g/mol. The molecule has 2 nitrogen and oxygen atoms in total. The van der Waals surface area contributed by atoms with E-state index in [-0.39, 0.29) is 6.10 Å². The Kier molecular flexibility index (Phi) is 5.41. The summed E-state index contributed by atoms with van der Waals surface area (Å²) in [5.41, 5.74) is 1.39. The van der Waals surface area contributed by atoms with E-state index in [9.17, 15) is 5.11 Å². The van der Waals surface area contributed by atoms with Gasteiger partial charge in [-0.25, -0.2) is 0 Å². The summed E-state index contributed by atoms with van der Waals surface area (Å²) in [7, 11) is 0. The third-order valence-corrected chi connectivity index (χ3v) is 4.56. The molecule has 0 bridgehead atoms. The molecular weight excluding hydrogens is 234 g/mol. The summed E-state index contributed by atoms with van der Waals surface area (Å²) < 4.78 is 0. The van der Waals surface area contributed by atoms with E-state index in [1.807, 2.05) is 0 Å². The molecule has 0 aromatic heterocycles. The lowest BCUT2D eigenvalue weighted by Crippen LogP contribution is -2.36. The van der Waals surface area contributed by atoms with E-state index < -0.39 is 0 Å². The summed E-state index contributed by atoms with van der Waals surface area (Å²) in [4.78, 5) is 0. The number of nitrogens with one attached hydrogen (secondary N) is 1. The molecule has 0 heterocycles. The lowest BCUT2D eigenvalue weighted by Gasteiger charge is -2.29. The number of aliphatic hydroxyl groups is 1. The summed E-state index contributed by atoms with van der Waals surface area (Å²) in [6.45, 7) is 5.58. The molecule has 0 aliphatic heterocycles. The zero-order chi connectivity index (χ0) is 13.7. The van der Waals surface area contributed by atoms with E-state index in [1.165, 1.54) is 18.4 Å². The van der Waals surface area contributed by atoms with Gasteiger partial charge in [-0.2, -0.15) is 0 Å². The van der Waals surface area contributed by atoms with Crippen LogP contribution in [-0.4, -0.2) is 23.8 Å². The van der Waals surface area contributed by atoms with E-state index in [0.29, 0.717) is 17.9 Å². The molecular formula is C17H27NO. The highest BCUT2D eigenvalue weighted by Gasteiger charge is 2.21. The maximum Gasteiger partial charge on any atom is 0.0543 e. The number of hydrogen-bond donors (Lipinski definition) is 2. The first-order valence-electron chi connectivity index (χ1n) is 7.63. The Morgan fingerprint density at radius 1 is 1.21 bits per heavy atom. The largest absolute Gasteiger partial charge is 0.393 e. The van der Waals surface area contributed by atoms with Gasteiger partial charge in [-0.3, -0.25) is 0 Å². The van der Waals surface area contributed by atoms with Crippen LogP contribution < -0.4 is 5.32 Å². The van der Waals surface area contributed by atoms with Gasteiger partial charge < -0.3 is 10.4 Å². The van der Waals surface area contributed by atoms with E-state index in [0.717, 1.165) is 19.4 Å². The van der Waals surface area contributed by atoms with Crippen LogP contribution in [0, 0.1) is 5.92 Å². The molecule has 0 spiro atoms. The minimum absolute atomic E-state index is 0.0672. The molecule has 4 atom stereocenters. The summed E-state index contributed by atoms with van der Waals surface area (Å²) in [6.07, 6.45) is 4.33. The number of benzene rings is 1. The maximum absolute atomic E-state index is 9.70. The Labute approximate surface area is 117 Å². The topological polar surface area (TPSA) is 32.3 Å². The third kappa shape index (κ3) is 4.32. The smallest absolute Gasteiger partial charge is 0.0543 e. The van der Waals surface area contributed by atoms with E-state index in [1.54, 1.807) is 0 Å². The second-order valence-corrected chi connectivity index (χ2v) is 6.08. The fraction of sp³-hybridized carbons (Fsp3) is 0.647. The molecule has 2 rings (SSSR count). The molecule has 1 aliphatic rings. The van der Waals surface area contributed by atoms with Crippen LogP contribution in [0.5, 0.6) is 0 Å². The second-order valence-electron chi connectivity index (χ2n) is 6.08. The van der Waals surface area contributed by atoms with Gasteiger partial charge in [0.05, 0.1) is 6.10 Å². The molecule has 0 radical (unpaired) electrons. The van der Waals surface area contributed by atoms with Gasteiger partial charge in [0, 0.05) is 6.04 Å². The van der Waals surface area contributed by atoms with Crippen molar-refractivity contribution < 1.29 is 5.11 Å². The van der Waals surface area contributed by atoms with Crippen molar-refractivity contribution >= 4 is 0 Å².